The smallest absolute Gasteiger partial charge is 0.154 e. The molecule has 0 bridgehead atoms. The third-order valence-corrected chi connectivity index (χ3v) is 6.43. The predicted molar refractivity (Wildman–Crippen MR) is 84.9 cm³/mol. The minimum Gasteiger partial charge on any atom is -0.399 e. The largest absolute Gasteiger partial charge is 0.399 e. The van der Waals surface area contributed by atoms with E-state index in [1.165, 1.54) is 0 Å². The van der Waals surface area contributed by atoms with Crippen LogP contribution in [0.25, 0.3) is 11.0 Å². The Morgan fingerprint density at radius 3 is 2.90 bits per heavy atom. The van der Waals surface area contributed by atoms with Crippen LogP contribution in [0.5, 0.6) is 0 Å². The third-order valence-electron chi connectivity index (χ3n) is 4.17. The second kappa shape index (κ2) is 5.33. The van der Waals surface area contributed by atoms with Crippen LogP contribution >= 0.6 is 0 Å². The van der Waals surface area contributed by atoms with Gasteiger partial charge in [-0.1, -0.05) is 6.92 Å². The molecular weight excluding hydrogens is 286 g/mol. The topological polar surface area (TPSA) is 78.0 Å². The second-order valence-electron chi connectivity index (χ2n) is 5.77. The van der Waals surface area contributed by atoms with Gasteiger partial charge in [0.25, 0.3) is 0 Å². The van der Waals surface area contributed by atoms with Crippen molar-refractivity contribution in [2.24, 2.45) is 0 Å². The first-order valence-electron chi connectivity index (χ1n) is 7.47. The van der Waals surface area contributed by atoms with E-state index in [0.29, 0.717) is 18.0 Å². The van der Waals surface area contributed by atoms with Crippen LogP contribution in [0.15, 0.2) is 18.2 Å². The Kier molecular flexibility index (Phi) is 3.65. The van der Waals surface area contributed by atoms with Gasteiger partial charge in [-0.05, 0) is 37.5 Å². The molecule has 2 N–H and O–H groups in total. The van der Waals surface area contributed by atoms with Gasteiger partial charge in [0.2, 0.25) is 0 Å². The lowest BCUT2D eigenvalue weighted by Crippen LogP contribution is -2.23. The number of benzene rings is 1. The monoisotopic (exact) mass is 307 g/mol. The highest BCUT2D eigenvalue weighted by molar-refractivity contribution is 7.92. The van der Waals surface area contributed by atoms with Crippen molar-refractivity contribution in [3.63, 3.8) is 0 Å². The lowest BCUT2D eigenvalue weighted by molar-refractivity contribution is 0.561. The highest BCUT2D eigenvalue weighted by Crippen LogP contribution is 2.26. The molecule has 2 heterocycles. The van der Waals surface area contributed by atoms with Gasteiger partial charge in [-0.25, -0.2) is 13.4 Å². The van der Waals surface area contributed by atoms with E-state index in [2.05, 4.69) is 16.5 Å². The Morgan fingerprint density at radius 1 is 1.43 bits per heavy atom. The zero-order chi connectivity index (χ0) is 15.0. The molecule has 0 amide bonds. The Labute approximate surface area is 125 Å². The summed E-state index contributed by atoms with van der Waals surface area (Å²) in [6.45, 7) is 2.61. The summed E-state index contributed by atoms with van der Waals surface area (Å²) >= 11 is 0. The van der Waals surface area contributed by atoms with Gasteiger partial charge in [-0.3, -0.25) is 0 Å². The quantitative estimate of drug-likeness (QED) is 0.878. The third kappa shape index (κ3) is 2.64. The minimum atomic E-state index is -2.94. The molecule has 114 valence electrons. The molecule has 1 aromatic carbocycles. The molecule has 0 spiro atoms. The number of nitrogen functional groups attached to an aromatic ring is 1. The number of anilines is 1. The van der Waals surface area contributed by atoms with Crippen LogP contribution in [0, 0.1) is 0 Å². The summed E-state index contributed by atoms with van der Waals surface area (Å²) in [4.78, 5) is 4.64. The molecule has 1 aromatic heterocycles. The van der Waals surface area contributed by atoms with Crippen molar-refractivity contribution in [2.75, 3.05) is 11.5 Å². The van der Waals surface area contributed by atoms with E-state index in [0.717, 1.165) is 42.5 Å². The van der Waals surface area contributed by atoms with Gasteiger partial charge in [-0.2, -0.15) is 0 Å². The fraction of sp³-hybridized carbons (Fsp3) is 0.533. The lowest BCUT2D eigenvalue weighted by Gasteiger charge is -2.14. The van der Waals surface area contributed by atoms with Crippen molar-refractivity contribution >= 4 is 26.6 Å². The molecule has 1 unspecified atom stereocenters. The van der Waals surface area contributed by atoms with Crippen LogP contribution in [0.1, 0.15) is 32.0 Å². The van der Waals surface area contributed by atoms with Crippen LogP contribution in [0.4, 0.5) is 5.69 Å². The summed E-state index contributed by atoms with van der Waals surface area (Å²) < 4.78 is 26.3. The summed E-state index contributed by atoms with van der Waals surface area (Å²) in [6, 6.07) is 5.64. The van der Waals surface area contributed by atoms with Gasteiger partial charge in [0.05, 0.1) is 22.0 Å². The summed E-state index contributed by atoms with van der Waals surface area (Å²) in [7, 11) is -2.94. The van der Waals surface area contributed by atoms with E-state index < -0.39 is 9.84 Å². The molecule has 21 heavy (non-hydrogen) atoms. The average Bonchev–Trinajstić information content (AvgIpc) is 2.91. The molecule has 2 aromatic rings. The Hall–Kier alpha value is -1.56. The minimum absolute atomic E-state index is 0.275. The van der Waals surface area contributed by atoms with Crippen molar-refractivity contribution < 1.29 is 8.42 Å². The highest BCUT2D eigenvalue weighted by Gasteiger charge is 2.32. The standard InChI is InChI=1S/C15H21N3O2S/c1-2-4-15-17-13-9-11(16)6-7-14(13)18(15)10-12-5-3-8-21(12,19)20/h6-7,9,12H,2-5,8,10,16H2,1H3. The van der Waals surface area contributed by atoms with Crippen molar-refractivity contribution in [2.45, 2.75) is 44.4 Å². The van der Waals surface area contributed by atoms with Crippen LogP contribution in [-0.4, -0.2) is 29.0 Å². The van der Waals surface area contributed by atoms with Crippen molar-refractivity contribution in [1.29, 1.82) is 0 Å². The fourth-order valence-corrected chi connectivity index (χ4v) is 4.89. The van der Waals surface area contributed by atoms with E-state index >= 15 is 0 Å². The number of aryl methyl sites for hydroxylation is 1. The second-order valence-corrected chi connectivity index (χ2v) is 8.17. The van der Waals surface area contributed by atoms with Gasteiger partial charge in [0.1, 0.15) is 5.82 Å². The lowest BCUT2D eigenvalue weighted by atomic mass is 10.2. The Morgan fingerprint density at radius 2 is 2.24 bits per heavy atom. The number of hydrogen-bond donors (Lipinski definition) is 1. The summed E-state index contributed by atoms with van der Waals surface area (Å²) in [5, 5.41) is -0.275. The van der Waals surface area contributed by atoms with Crippen LogP contribution in [0.3, 0.4) is 0 Å². The van der Waals surface area contributed by atoms with Crippen molar-refractivity contribution in [3.8, 4) is 0 Å². The molecular formula is C15H21N3O2S. The summed E-state index contributed by atoms with van der Waals surface area (Å²) in [6.07, 6.45) is 3.36. The van der Waals surface area contributed by atoms with Gasteiger partial charge >= 0.3 is 0 Å². The molecule has 0 saturated carbocycles. The normalized spacial score (nSPS) is 21.1. The SMILES string of the molecule is CCCc1nc2cc(N)ccc2n1CC1CCCS1(=O)=O. The highest BCUT2D eigenvalue weighted by atomic mass is 32.2. The average molecular weight is 307 g/mol. The number of nitrogens with zero attached hydrogens (tertiary/aromatic N) is 2. The molecule has 0 radical (unpaired) electrons. The van der Waals surface area contributed by atoms with Crippen LogP contribution in [0.2, 0.25) is 0 Å². The van der Waals surface area contributed by atoms with Crippen molar-refractivity contribution in [3.05, 3.63) is 24.0 Å². The maximum Gasteiger partial charge on any atom is 0.154 e. The molecule has 0 aliphatic carbocycles. The number of fused-ring (bicyclic) bond motifs is 1. The number of nitrogens with two attached hydrogens (primary N) is 1. The summed E-state index contributed by atoms with van der Waals surface area (Å²) in [5.74, 6) is 1.28. The van der Waals surface area contributed by atoms with Gasteiger partial charge in [-0.15, -0.1) is 0 Å². The molecule has 1 saturated heterocycles. The number of imidazole rings is 1. The fourth-order valence-electron chi connectivity index (χ4n) is 3.08. The van der Waals surface area contributed by atoms with Crippen LogP contribution < -0.4 is 5.73 Å². The maximum atomic E-state index is 12.1. The van der Waals surface area contributed by atoms with E-state index in [9.17, 15) is 8.42 Å². The predicted octanol–water partition coefficient (Wildman–Crippen LogP) is 2.15. The first-order chi connectivity index (χ1) is 10.0. The molecule has 3 rings (SSSR count). The van der Waals surface area contributed by atoms with E-state index in [1.807, 2.05) is 18.2 Å². The number of rotatable bonds is 4. The van der Waals surface area contributed by atoms with Gasteiger partial charge in [0, 0.05) is 18.7 Å². The molecule has 5 nitrogen and oxygen atoms in total. The van der Waals surface area contributed by atoms with E-state index in [-0.39, 0.29) is 5.25 Å². The van der Waals surface area contributed by atoms with Crippen LogP contribution in [-0.2, 0) is 22.8 Å². The zero-order valence-corrected chi connectivity index (χ0v) is 13.1. The zero-order valence-electron chi connectivity index (χ0n) is 12.2. The first kappa shape index (κ1) is 14.4. The summed E-state index contributed by atoms with van der Waals surface area (Å²) in [5.41, 5.74) is 8.34. The Balaban J connectivity index is 2.05. The Bertz CT molecular complexity index is 765. The number of sulfone groups is 1. The molecule has 1 aliphatic rings. The van der Waals surface area contributed by atoms with Gasteiger partial charge < -0.3 is 10.3 Å². The molecule has 1 atom stereocenters. The molecule has 1 fully saturated rings. The first-order valence-corrected chi connectivity index (χ1v) is 9.19. The van der Waals surface area contributed by atoms with Crippen molar-refractivity contribution in [1.82, 2.24) is 9.55 Å². The van der Waals surface area contributed by atoms with E-state index in [4.69, 9.17) is 5.73 Å². The molecule has 6 heteroatoms. The molecule has 1 aliphatic heterocycles. The number of aromatic nitrogens is 2. The van der Waals surface area contributed by atoms with Gasteiger partial charge in [0.15, 0.2) is 9.84 Å². The number of hydrogen-bond acceptors (Lipinski definition) is 4. The van der Waals surface area contributed by atoms with E-state index in [1.54, 1.807) is 0 Å². The maximum absolute atomic E-state index is 12.1.